The Balaban J connectivity index is 2.11. The molecule has 0 spiro atoms. The van der Waals surface area contributed by atoms with E-state index in [2.05, 4.69) is 15.6 Å². The molecule has 2 aromatic rings. The van der Waals surface area contributed by atoms with Gasteiger partial charge in [-0.25, -0.2) is 9.37 Å². The third kappa shape index (κ3) is 4.49. The summed E-state index contributed by atoms with van der Waals surface area (Å²) in [5, 5.41) is 4.96. The van der Waals surface area contributed by atoms with Crippen molar-refractivity contribution >= 4 is 18.1 Å². The predicted octanol–water partition coefficient (Wildman–Crippen LogP) is 3.38. The van der Waals surface area contributed by atoms with Crippen molar-refractivity contribution in [2.75, 3.05) is 5.32 Å². The van der Waals surface area contributed by atoms with E-state index in [1.165, 1.54) is 24.5 Å². The molecule has 2 rings (SSSR count). The van der Waals surface area contributed by atoms with E-state index in [9.17, 15) is 14.0 Å². The second kappa shape index (κ2) is 8.57. The van der Waals surface area contributed by atoms with Gasteiger partial charge in [0, 0.05) is 18.0 Å². The number of rotatable bonds is 7. The molecular formula is C18H18FN3O2. The van der Waals surface area contributed by atoms with E-state index in [1.807, 2.05) is 13.0 Å². The number of halogens is 1. The van der Waals surface area contributed by atoms with Gasteiger partial charge in [0.15, 0.2) is 0 Å². The number of allylic oxidation sites excluding steroid dienone is 1. The molecule has 0 aliphatic heterocycles. The SMILES string of the molecule is CC/C(=C/NC(=O)c1ccnc(NC=O)c1)C(F)c1ccccc1. The average Bonchev–Trinajstić information content (AvgIpc) is 2.63. The lowest BCUT2D eigenvalue weighted by molar-refractivity contribution is -0.105. The second-order valence-corrected chi connectivity index (χ2v) is 5.01. The van der Waals surface area contributed by atoms with Gasteiger partial charge in [0.25, 0.3) is 5.91 Å². The van der Waals surface area contributed by atoms with Gasteiger partial charge in [-0.1, -0.05) is 37.3 Å². The lowest BCUT2D eigenvalue weighted by atomic mass is 10.0. The highest BCUT2D eigenvalue weighted by atomic mass is 19.1. The molecule has 0 saturated carbocycles. The smallest absolute Gasteiger partial charge is 0.255 e. The maximum absolute atomic E-state index is 14.5. The van der Waals surface area contributed by atoms with Gasteiger partial charge >= 0.3 is 0 Å². The van der Waals surface area contributed by atoms with Crippen LogP contribution >= 0.6 is 0 Å². The van der Waals surface area contributed by atoms with E-state index in [1.54, 1.807) is 24.3 Å². The Kier molecular flexibility index (Phi) is 6.19. The van der Waals surface area contributed by atoms with Gasteiger partial charge in [-0.05, 0) is 29.7 Å². The van der Waals surface area contributed by atoms with Crippen LogP contribution in [-0.2, 0) is 4.79 Å². The van der Waals surface area contributed by atoms with Crippen LogP contribution < -0.4 is 10.6 Å². The van der Waals surface area contributed by atoms with Gasteiger partial charge in [-0.2, -0.15) is 0 Å². The third-order valence-corrected chi connectivity index (χ3v) is 3.44. The number of anilines is 1. The Morgan fingerprint density at radius 2 is 2.04 bits per heavy atom. The quantitative estimate of drug-likeness (QED) is 0.766. The van der Waals surface area contributed by atoms with Crippen molar-refractivity contribution < 1.29 is 14.0 Å². The fraction of sp³-hybridized carbons (Fsp3) is 0.167. The lowest BCUT2D eigenvalue weighted by Crippen LogP contribution is -2.19. The predicted molar refractivity (Wildman–Crippen MR) is 90.1 cm³/mol. The van der Waals surface area contributed by atoms with E-state index in [0.29, 0.717) is 29.5 Å². The first kappa shape index (κ1) is 17.3. The summed E-state index contributed by atoms with van der Waals surface area (Å²) in [6.07, 6.45) is 2.47. The van der Waals surface area contributed by atoms with Crippen molar-refractivity contribution in [3.63, 3.8) is 0 Å². The Morgan fingerprint density at radius 1 is 1.29 bits per heavy atom. The Hall–Kier alpha value is -3.02. The molecule has 1 atom stereocenters. The summed E-state index contributed by atoms with van der Waals surface area (Å²) in [7, 11) is 0. The highest BCUT2D eigenvalue weighted by Gasteiger charge is 2.14. The fourth-order valence-electron chi connectivity index (χ4n) is 2.14. The van der Waals surface area contributed by atoms with Crippen LogP contribution in [0.2, 0.25) is 0 Å². The first-order valence-electron chi connectivity index (χ1n) is 7.50. The summed E-state index contributed by atoms with van der Waals surface area (Å²) in [6, 6.07) is 11.7. The number of aromatic nitrogens is 1. The standard InChI is InChI=1S/C18H18FN3O2/c1-2-13(17(19)14-6-4-3-5-7-14)11-21-18(24)15-8-9-20-16(10-15)22-12-23/h3-12,17H,2H2,1H3,(H,21,24)(H,20,22,23)/b13-11-. The van der Waals surface area contributed by atoms with E-state index in [0.717, 1.165) is 0 Å². The highest BCUT2D eigenvalue weighted by molar-refractivity contribution is 5.95. The largest absolute Gasteiger partial charge is 0.329 e. The van der Waals surface area contributed by atoms with Gasteiger partial charge in [-0.3, -0.25) is 9.59 Å². The molecule has 0 fully saturated rings. The third-order valence-electron chi connectivity index (χ3n) is 3.44. The molecule has 124 valence electrons. The van der Waals surface area contributed by atoms with Crippen molar-refractivity contribution in [3.05, 3.63) is 71.6 Å². The summed E-state index contributed by atoms with van der Waals surface area (Å²) in [5.41, 5.74) is 1.33. The number of alkyl halides is 1. The highest BCUT2D eigenvalue weighted by Crippen LogP contribution is 2.27. The Bertz CT molecular complexity index is 732. The van der Waals surface area contributed by atoms with Crippen molar-refractivity contribution in [1.82, 2.24) is 10.3 Å². The minimum Gasteiger partial charge on any atom is -0.329 e. The number of carbonyl (C=O) groups is 2. The summed E-state index contributed by atoms with van der Waals surface area (Å²) >= 11 is 0. The summed E-state index contributed by atoms with van der Waals surface area (Å²) in [6.45, 7) is 1.83. The molecule has 0 aliphatic carbocycles. The Morgan fingerprint density at radius 3 is 2.71 bits per heavy atom. The molecule has 0 bridgehead atoms. The molecular weight excluding hydrogens is 309 g/mol. The zero-order valence-electron chi connectivity index (χ0n) is 13.2. The number of pyridine rings is 1. The van der Waals surface area contributed by atoms with Crippen LogP contribution in [-0.4, -0.2) is 17.3 Å². The number of carbonyl (C=O) groups excluding carboxylic acids is 2. The molecule has 6 heteroatoms. The summed E-state index contributed by atoms with van der Waals surface area (Å²) < 4.78 is 14.5. The van der Waals surface area contributed by atoms with Crippen LogP contribution in [0.25, 0.3) is 0 Å². The topological polar surface area (TPSA) is 71.1 Å². The van der Waals surface area contributed by atoms with Gasteiger partial charge in [0.2, 0.25) is 6.41 Å². The number of nitrogens with zero attached hydrogens (tertiary/aromatic N) is 1. The van der Waals surface area contributed by atoms with Crippen molar-refractivity contribution in [3.8, 4) is 0 Å². The van der Waals surface area contributed by atoms with Crippen molar-refractivity contribution in [2.45, 2.75) is 19.5 Å². The van der Waals surface area contributed by atoms with Crippen LogP contribution in [0.5, 0.6) is 0 Å². The normalized spacial score (nSPS) is 12.3. The minimum absolute atomic E-state index is 0.269. The molecule has 2 N–H and O–H groups in total. The maximum atomic E-state index is 14.5. The van der Waals surface area contributed by atoms with Crippen molar-refractivity contribution in [1.29, 1.82) is 0 Å². The molecule has 1 heterocycles. The molecule has 0 radical (unpaired) electrons. The van der Waals surface area contributed by atoms with Crippen LogP contribution in [0.1, 0.15) is 35.4 Å². The molecule has 0 aliphatic rings. The van der Waals surface area contributed by atoms with E-state index in [-0.39, 0.29) is 5.82 Å². The lowest BCUT2D eigenvalue weighted by Gasteiger charge is -2.12. The minimum atomic E-state index is -1.28. The summed E-state index contributed by atoms with van der Waals surface area (Å²) in [5.74, 6) is -0.137. The second-order valence-electron chi connectivity index (χ2n) is 5.01. The molecule has 5 nitrogen and oxygen atoms in total. The molecule has 0 saturated heterocycles. The van der Waals surface area contributed by atoms with Crippen LogP contribution in [0.3, 0.4) is 0 Å². The Labute approximate surface area is 139 Å². The number of benzene rings is 1. The van der Waals surface area contributed by atoms with Crippen LogP contribution in [0, 0.1) is 0 Å². The van der Waals surface area contributed by atoms with Gasteiger partial charge in [0.1, 0.15) is 12.0 Å². The number of amides is 2. The van der Waals surface area contributed by atoms with Crippen LogP contribution in [0.4, 0.5) is 10.2 Å². The zero-order chi connectivity index (χ0) is 17.4. The van der Waals surface area contributed by atoms with Gasteiger partial charge < -0.3 is 10.6 Å². The molecule has 1 unspecified atom stereocenters. The molecule has 24 heavy (non-hydrogen) atoms. The van der Waals surface area contributed by atoms with Gasteiger partial charge in [-0.15, -0.1) is 0 Å². The number of nitrogens with one attached hydrogen (secondary N) is 2. The van der Waals surface area contributed by atoms with E-state index in [4.69, 9.17) is 0 Å². The molecule has 1 aromatic heterocycles. The number of hydrogen-bond donors (Lipinski definition) is 2. The monoisotopic (exact) mass is 327 g/mol. The molecule has 1 aromatic carbocycles. The average molecular weight is 327 g/mol. The summed E-state index contributed by atoms with van der Waals surface area (Å²) in [4.78, 5) is 26.5. The first-order valence-corrected chi connectivity index (χ1v) is 7.50. The maximum Gasteiger partial charge on any atom is 0.255 e. The van der Waals surface area contributed by atoms with E-state index < -0.39 is 12.1 Å². The zero-order valence-corrected chi connectivity index (χ0v) is 13.2. The van der Waals surface area contributed by atoms with Crippen molar-refractivity contribution in [2.24, 2.45) is 0 Å². The molecule has 2 amide bonds. The van der Waals surface area contributed by atoms with Crippen LogP contribution in [0.15, 0.2) is 60.4 Å². The first-order chi connectivity index (χ1) is 11.7. The van der Waals surface area contributed by atoms with E-state index >= 15 is 0 Å². The van der Waals surface area contributed by atoms with Gasteiger partial charge in [0.05, 0.1) is 0 Å². The number of hydrogen-bond acceptors (Lipinski definition) is 3. The fourth-order valence-corrected chi connectivity index (χ4v) is 2.14.